The van der Waals surface area contributed by atoms with Crippen molar-refractivity contribution < 1.29 is 9.53 Å². The van der Waals surface area contributed by atoms with E-state index in [0.29, 0.717) is 22.6 Å². The van der Waals surface area contributed by atoms with E-state index >= 15 is 0 Å². The van der Waals surface area contributed by atoms with Crippen LogP contribution in [-0.2, 0) is 22.5 Å². The molecule has 0 aliphatic carbocycles. The molecule has 2 aromatic carbocycles. The average Bonchev–Trinajstić information content (AvgIpc) is 3.32. The molecule has 0 radical (unpaired) electrons. The highest BCUT2D eigenvalue weighted by Gasteiger charge is 2.24. The van der Waals surface area contributed by atoms with Crippen LogP contribution in [0.2, 0.25) is 0 Å². The zero-order valence-electron chi connectivity index (χ0n) is 17.3. The normalized spacial score (nSPS) is 18.3. The van der Waals surface area contributed by atoms with E-state index in [9.17, 15) is 9.59 Å². The lowest BCUT2D eigenvalue weighted by Gasteiger charge is -2.29. The number of nitrogens with zero attached hydrogens (tertiary/aromatic N) is 3. The summed E-state index contributed by atoms with van der Waals surface area (Å²) in [5.41, 5.74) is 2.81. The van der Waals surface area contributed by atoms with E-state index in [-0.39, 0.29) is 23.3 Å². The number of thioether (sulfide) groups is 1. The molecule has 0 saturated carbocycles. The third kappa shape index (κ3) is 4.12. The molecule has 1 amide bonds. The van der Waals surface area contributed by atoms with Gasteiger partial charge < -0.3 is 9.64 Å². The maximum absolute atomic E-state index is 13.2. The molecule has 6 nitrogen and oxygen atoms in total. The fraction of sp³-hybridized carbons (Fsp3) is 0.375. The molecule has 3 heterocycles. The SMILES string of the molecule is O=C(CSc1nc2ccccc2c(=O)n1C[C@H]1CCCO1)N1CCCc2ccccc21. The number of aromatic nitrogens is 2. The van der Waals surface area contributed by atoms with Crippen molar-refractivity contribution in [3.8, 4) is 0 Å². The second-order valence-electron chi connectivity index (χ2n) is 8.03. The highest BCUT2D eigenvalue weighted by atomic mass is 32.2. The van der Waals surface area contributed by atoms with Crippen LogP contribution in [0, 0.1) is 0 Å². The quantitative estimate of drug-likeness (QED) is 0.452. The number of hydrogen-bond acceptors (Lipinski definition) is 5. The van der Waals surface area contributed by atoms with Gasteiger partial charge >= 0.3 is 0 Å². The summed E-state index contributed by atoms with van der Waals surface area (Å²) in [6.07, 6.45) is 3.93. The molecular weight excluding hydrogens is 410 g/mol. The minimum atomic E-state index is -0.0700. The zero-order valence-corrected chi connectivity index (χ0v) is 18.1. The van der Waals surface area contributed by atoms with E-state index in [1.54, 1.807) is 10.6 Å². The molecule has 0 bridgehead atoms. The van der Waals surface area contributed by atoms with Gasteiger partial charge in [0.15, 0.2) is 5.16 Å². The largest absolute Gasteiger partial charge is 0.376 e. The van der Waals surface area contributed by atoms with Crippen molar-refractivity contribution in [3.05, 3.63) is 64.4 Å². The van der Waals surface area contributed by atoms with E-state index < -0.39 is 0 Å². The van der Waals surface area contributed by atoms with Crippen LogP contribution in [0.1, 0.15) is 24.8 Å². The summed E-state index contributed by atoms with van der Waals surface area (Å²) < 4.78 is 7.46. The van der Waals surface area contributed by atoms with Gasteiger partial charge in [-0.1, -0.05) is 42.1 Å². The van der Waals surface area contributed by atoms with Crippen LogP contribution in [0.15, 0.2) is 58.5 Å². The number of hydrogen-bond donors (Lipinski definition) is 0. The number of benzene rings is 2. The number of anilines is 1. The van der Waals surface area contributed by atoms with Gasteiger partial charge in [-0.05, 0) is 49.4 Å². The number of amides is 1. The van der Waals surface area contributed by atoms with Gasteiger partial charge in [0.1, 0.15) is 0 Å². The van der Waals surface area contributed by atoms with Crippen molar-refractivity contribution in [3.63, 3.8) is 0 Å². The molecule has 2 aliphatic heterocycles. The molecule has 160 valence electrons. The van der Waals surface area contributed by atoms with Gasteiger partial charge in [0.05, 0.1) is 29.3 Å². The highest BCUT2D eigenvalue weighted by molar-refractivity contribution is 7.99. The Morgan fingerprint density at radius 3 is 2.84 bits per heavy atom. The number of rotatable bonds is 5. The van der Waals surface area contributed by atoms with Gasteiger partial charge in [-0.2, -0.15) is 0 Å². The minimum Gasteiger partial charge on any atom is -0.376 e. The van der Waals surface area contributed by atoms with Crippen molar-refractivity contribution in [1.29, 1.82) is 0 Å². The molecule has 0 spiro atoms. The summed E-state index contributed by atoms with van der Waals surface area (Å²) in [6, 6.07) is 15.5. The molecule has 0 N–H and O–H groups in total. The van der Waals surface area contributed by atoms with Crippen molar-refractivity contribution in [1.82, 2.24) is 9.55 Å². The molecule has 31 heavy (non-hydrogen) atoms. The molecule has 3 aromatic rings. The van der Waals surface area contributed by atoms with Crippen LogP contribution in [0.5, 0.6) is 0 Å². The van der Waals surface area contributed by atoms with Crippen molar-refractivity contribution >= 4 is 34.3 Å². The lowest BCUT2D eigenvalue weighted by molar-refractivity contribution is -0.116. The molecule has 1 saturated heterocycles. The summed E-state index contributed by atoms with van der Waals surface area (Å²) in [5.74, 6) is 0.285. The third-order valence-electron chi connectivity index (χ3n) is 5.97. The van der Waals surface area contributed by atoms with Crippen LogP contribution in [-0.4, -0.2) is 40.5 Å². The van der Waals surface area contributed by atoms with Crippen LogP contribution in [0.25, 0.3) is 10.9 Å². The fourth-order valence-electron chi connectivity index (χ4n) is 4.41. The average molecular weight is 436 g/mol. The second-order valence-corrected chi connectivity index (χ2v) is 8.97. The first kappa shape index (κ1) is 20.3. The van der Waals surface area contributed by atoms with Crippen LogP contribution in [0.3, 0.4) is 0 Å². The maximum Gasteiger partial charge on any atom is 0.262 e. The minimum absolute atomic E-state index is 0.0182. The zero-order chi connectivity index (χ0) is 21.2. The Kier molecular flexibility index (Phi) is 5.78. The van der Waals surface area contributed by atoms with Gasteiger partial charge in [-0.3, -0.25) is 14.2 Å². The fourth-order valence-corrected chi connectivity index (χ4v) is 5.29. The summed E-state index contributed by atoms with van der Waals surface area (Å²) in [4.78, 5) is 32.9. The van der Waals surface area contributed by atoms with E-state index in [0.717, 1.165) is 44.5 Å². The van der Waals surface area contributed by atoms with Crippen LogP contribution < -0.4 is 10.5 Å². The van der Waals surface area contributed by atoms with E-state index in [4.69, 9.17) is 9.72 Å². The molecule has 1 fully saturated rings. The molecule has 0 unspecified atom stereocenters. The lowest BCUT2D eigenvalue weighted by Crippen LogP contribution is -2.37. The smallest absolute Gasteiger partial charge is 0.262 e. The first-order valence-corrected chi connectivity index (χ1v) is 11.8. The second kappa shape index (κ2) is 8.85. The number of fused-ring (bicyclic) bond motifs is 2. The Morgan fingerprint density at radius 1 is 1.13 bits per heavy atom. The maximum atomic E-state index is 13.2. The molecule has 7 heteroatoms. The Balaban J connectivity index is 1.42. The third-order valence-corrected chi connectivity index (χ3v) is 6.93. The number of para-hydroxylation sites is 2. The van der Waals surface area contributed by atoms with Gasteiger partial charge in [0.2, 0.25) is 5.91 Å². The summed E-state index contributed by atoms with van der Waals surface area (Å²) in [7, 11) is 0. The number of carbonyl (C=O) groups excluding carboxylic acids is 1. The Bertz CT molecular complexity index is 1170. The predicted octanol–water partition coefficient (Wildman–Crippen LogP) is 3.65. The molecule has 2 aliphatic rings. The highest BCUT2D eigenvalue weighted by Crippen LogP contribution is 2.28. The first-order chi connectivity index (χ1) is 15.2. The van der Waals surface area contributed by atoms with Crippen LogP contribution in [0.4, 0.5) is 5.69 Å². The summed E-state index contributed by atoms with van der Waals surface area (Å²) in [5, 5.41) is 1.18. The standard InChI is InChI=1S/C24H25N3O3S/c28-22(26-13-5-8-17-7-1-4-12-21(17)26)16-31-24-25-20-11-3-2-10-19(20)23(29)27(24)15-18-9-6-14-30-18/h1-4,7,10-12,18H,5-6,8-9,13-16H2/t18-/m1/s1. The van der Waals surface area contributed by atoms with E-state index in [1.165, 1.54) is 17.3 Å². The van der Waals surface area contributed by atoms with Crippen molar-refractivity contribution in [2.45, 2.75) is 43.5 Å². The van der Waals surface area contributed by atoms with E-state index in [2.05, 4.69) is 6.07 Å². The van der Waals surface area contributed by atoms with Gasteiger partial charge in [-0.25, -0.2) is 4.98 Å². The van der Waals surface area contributed by atoms with E-state index in [1.807, 2.05) is 41.3 Å². The molecule has 1 atom stereocenters. The number of ether oxygens (including phenoxy) is 1. The monoisotopic (exact) mass is 435 g/mol. The van der Waals surface area contributed by atoms with Crippen molar-refractivity contribution in [2.24, 2.45) is 0 Å². The summed E-state index contributed by atoms with van der Waals surface area (Å²) >= 11 is 1.34. The number of carbonyl (C=O) groups is 1. The van der Waals surface area contributed by atoms with Gasteiger partial charge in [-0.15, -0.1) is 0 Å². The number of aryl methyl sites for hydroxylation is 1. The molecule has 1 aromatic heterocycles. The van der Waals surface area contributed by atoms with Gasteiger partial charge in [0.25, 0.3) is 5.56 Å². The van der Waals surface area contributed by atoms with Crippen molar-refractivity contribution in [2.75, 3.05) is 23.8 Å². The molecular formula is C24H25N3O3S. The van der Waals surface area contributed by atoms with Gasteiger partial charge in [0, 0.05) is 18.8 Å². The Hall–Kier alpha value is -2.64. The summed E-state index contributed by atoms with van der Waals surface area (Å²) in [6.45, 7) is 1.93. The van der Waals surface area contributed by atoms with Crippen LogP contribution >= 0.6 is 11.8 Å². The lowest BCUT2D eigenvalue weighted by atomic mass is 10.0. The first-order valence-electron chi connectivity index (χ1n) is 10.8. The molecule has 5 rings (SSSR count). The predicted molar refractivity (Wildman–Crippen MR) is 123 cm³/mol. The topological polar surface area (TPSA) is 64.4 Å². The Morgan fingerprint density at radius 2 is 1.97 bits per heavy atom. The Labute approximate surface area is 185 Å².